The van der Waals surface area contributed by atoms with Gasteiger partial charge in [0.2, 0.25) is 0 Å². The van der Waals surface area contributed by atoms with Crippen LogP contribution in [0.1, 0.15) is 72.4 Å². The van der Waals surface area contributed by atoms with Gasteiger partial charge in [0.1, 0.15) is 28.7 Å². The molecule has 5 nitrogen and oxygen atoms in total. The van der Waals surface area contributed by atoms with E-state index < -0.39 is 16.7 Å². The first-order chi connectivity index (χ1) is 15.0. The number of aliphatic imine (C=N–C) groups is 1. The van der Waals surface area contributed by atoms with Gasteiger partial charge < -0.3 is 15.3 Å². The van der Waals surface area contributed by atoms with Gasteiger partial charge in [-0.3, -0.25) is 0 Å². The number of nitrogens with two attached hydrogens (primary N) is 1. The van der Waals surface area contributed by atoms with Crippen molar-refractivity contribution in [3.8, 4) is 11.5 Å². The number of rotatable bonds is 11. The smallest absolute Gasteiger partial charge is 0.123 e. The summed E-state index contributed by atoms with van der Waals surface area (Å²) in [5.41, 5.74) is 1.10. The maximum absolute atomic E-state index is 6.54. The highest BCUT2D eigenvalue weighted by Gasteiger charge is 2.33. The number of nitrogens with zero attached hydrogens (tertiary/aromatic N) is 2. The van der Waals surface area contributed by atoms with Crippen LogP contribution in [0.3, 0.4) is 0 Å². The molecule has 0 aromatic heterocycles. The molecule has 0 saturated carbocycles. The van der Waals surface area contributed by atoms with Gasteiger partial charge in [-0.15, -0.1) is 5.10 Å². The second-order valence-electron chi connectivity index (χ2n) is 10.2. The highest BCUT2D eigenvalue weighted by molar-refractivity contribution is 5.42. The predicted molar refractivity (Wildman–Crippen MR) is 133 cm³/mol. The monoisotopic (exact) mass is 437 g/mol. The van der Waals surface area contributed by atoms with Crippen molar-refractivity contribution in [1.29, 1.82) is 0 Å². The van der Waals surface area contributed by atoms with E-state index >= 15 is 0 Å². The SMILES string of the molecule is CCCc1ccccc1OC(C)(C)CC(C)(C)Oc1ccccc1CC(C)(C)N=C=NN. The van der Waals surface area contributed by atoms with E-state index in [1.807, 2.05) is 38.1 Å². The molecule has 2 aromatic carbocycles. The Labute approximate surface area is 193 Å². The van der Waals surface area contributed by atoms with Crippen molar-refractivity contribution in [3.05, 3.63) is 59.7 Å². The van der Waals surface area contributed by atoms with Crippen molar-refractivity contribution in [1.82, 2.24) is 0 Å². The van der Waals surface area contributed by atoms with Crippen LogP contribution in [0, 0.1) is 0 Å². The lowest BCUT2D eigenvalue weighted by molar-refractivity contribution is 0.00398. The summed E-state index contributed by atoms with van der Waals surface area (Å²) in [5, 5.41) is 3.37. The summed E-state index contributed by atoms with van der Waals surface area (Å²) in [5.74, 6) is 6.98. The van der Waals surface area contributed by atoms with Crippen LogP contribution in [-0.2, 0) is 12.8 Å². The van der Waals surface area contributed by atoms with Crippen LogP contribution in [0.2, 0.25) is 0 Å². The van der Waals surface area contributed by atoms with Crippen LogP contribution in [0.25, 0.3) is 0 Å². The average Bonchev–Trinajstić information content (AvgIpc) is 2.68. The molecule has 174 valence electrons. The second-order valence-corrected chi connectivity index (χ2v) is 10.2. The molecule has 0 atom stereocenters. The lowest BCUT2D eigenvalue weighted by Gasteiger charge is -2.37. The summed E-state index contributed by atoms with van der Waals surface area (Å²) in [6, 6.07) is 18.9. The summed E-state index contributed by atoms with van der Waals surface area (Å²) in [6.07, 6.45) is 3.50. The van der Waals surface area contributed by atoms with Crippen molar-refractivity contribution in [2.24, 2.45) is 15.9 Å². The lowest BCUT2D eigenvalue weighted by Crippen LogP contribution is -2.41. The minimum Gasteiger partial charge on any atom is -0.487 e. The first kappa shape index (κ1) is 25.5. The molecule has 0 saturated heterocycles. The molecule has 0 spiro atoms. The fourth-order valence-corrected chi connectivity index (χ4v) is 4.19. The average molecular weight is 438 g/mol. The number of benzene rings is 2. The van der Waals surface area contributed by atoms with E-state index in [9.17, 15) is 0 Å². The summed E-state index contributed by atoms with van der Waals surface area (Å²) < 4.78 is 13.0. The Morgan fingerprint density at radius 3 is 1.84 bits per heavy atom. The molecule has 0 fully saturated rings. The Morgan fingerprint density at radius 1 is 0.812 bits per heavy atom. The molecule has 0 bridgehead atoms. The Morgan fingerprint density at radius 2 is 1.31 bits per heavy atom. The zero-order valence-corrected chi connectivity index (χ0v) is 20.7. The lowest BCUT2D eigenvalue weighted by atomic mass is 9.91. The maximum atomic E-state index is 6.54. The van der Waals surface area contributed by atoms with Crippen LogP contribution < -0.4 is 15.3 Å². The minimum absolute atomic E-state index is 0.391. The Hall–Kier alpha value is -2.78. The van der Waals surface area contributed by atoms with Gasteiger partial charge in [0.25, 0.3) is 0 Å². The molecule has 2 N–H and O–H groups in total. The van der Waals surface area contributed by atoms with Gasteiger partial charge in [0.15, 0.2) is 0 Å². The van der Waals surface area contributed by atoms with Gasteiger partial charge in [-0.2, -0.15) is 0 Å². The van der Waals surface area contributed by atoms with Crippen LogP contribution in [0.4, 0.5) is 0 Å². The van der Waals surface area contributed by atoms with Crippen molar-refractivity contribution in [2.75, 3.05) is 0 Å². The van der Waals surface area contributed by atoms with Crippen LogP contribution in [-0.4, -0.2) is 22.7 Å². The maximum Gasteiger partial charge on any atom is 0.123 e. The van der Waals surface area contributed by atoms with Gasteiger partial charge in [-0.05, 0) is 71.2 Å². The van der Waals surface area contributed by atoms with E-state index in [1.165, 1.54) is 5.56 Å². The molecule has 2 rings (SSSR count). The topological polar surface area (TPSA) is 69.2 Å². The third-order valence-corrected chi connectivity index (χ3v) is 5.12. The third kappa shape index (κ3) is 8.05. The van der Waals surface area contributed by atoms with E-state index in [0.717, 1.165) is 36.3 Å². The van der Waals surface area contributed by atoms with Gasteiger partial charge in [0, 0.05) is 12.8 Å². The van der Waals surface area contributed by atoms with Crippen LogP contribution >= 0.6 is 0 Å². The van der Waals surface area contributed by atoms with Crippen molar-refractivity contribution in [2.45, 2.75) is 90.9 Å². The number of para-hydroxylation sites is 2. The highest BCUT2D eigenvalue weighted by atomic mass is 16.5. The van der Waals surface area contributed by atoms with Gasteiger partial charge in [-0.25, -0.2) is 4.99 Å². The molecule has 0 radical (unpaired) electrons. The first-order valence-electron chi connectivity index (χ1n) is 11.4. The molecule has 0 unspecified atom stereocenters. The molecular weight excluding hydrogens is 398 g/mol. The van der Waals surface area contributed by atoms with Crippen molar-refractivity contribution < 1.29 is 9.47 Å². The standard InChI is InChI=1S/C27H39N3O2/c1-8-13-21-14-9-11-16-23(21)31-26(4,5)19-27(6,7)32-24-17-12-10-15-22(24)18-25(2,3)29-20-30-28/h9-12,14-17H,8,13,18-19,28H2,1-7H3. The molecule has 0 heterocycles. The number of hydrogen-bond donors (Lipinski definition) is 1. The predicted octanol–water partition coefficient (Wildman–Crippen LogP) is 6.41. The van der Waals surface area contributed by atoms with Crippen molar-refractivity contribution in [3.63, 3.8) is 0 Å². The van der Waals surface area contributed by atoms with Gasteiger partial charge >= 0.3 is 0 Å². The summed E-state index contributed by atoms with van der Waals surface area (Å²) >= 11 is 0. The molecule has 5 heteroatoms. The van der Waals surface area contributed by atoms with E-state index in [0.29, 0.717) is 6.42 Å². The van der Waals surface area contributed by atoms with Gasteiger partial charge in [0.05, 0.1) is 5.54 Å². The Bertz CT molecular complexity index is 941. The zero-order chi connectivity index (χ0) is 23.8. The summed E-state index contributed by atoms with van der Waals surface area (Å²) in [7, 11) is 0. The van der Waals surface area contributed by atoms with Crippen LogP contribution in [0.15, 0.2) is 58.6 Å². The molecule has 0 aliphatic carbocycles. The molecule has 0 aliphatic rings. The number of ether oxygens (including phenoxy) is 2. The molecule has 32 heavy (non-hydrogen) atoms. The molecule has 0 aliphatic heterocycles. The normalized spacial score (nSPS) is 12.1. The Kier molecular flexibility index (Phi) is 8.51. The van der Waals surface area contributed by atoms with E-state index in [-0.39, 0.29) is 0 Å². The highest BCUT2D eigenvalue weighted by Crippen LogP contribution is 2.34. The van der Waals surface area contributed by atoms with Crippen molar-refractivity contribution >= 4 is 6.01 Å². The summed E-state index contributed by atoms with van der Waals surface area (Å²) in [6.45, 7) is 14.7. The zero-order valence-electron chi connectivity index (χ0n) is 20.7. The number of hydrazone groups is 1. The molecule has 2 aromatic rings. The quantitative estimate of drug-likeness (QED) is 0.251. The first-order valence-corrected chi connectivity index (χ1v) is 11.4. The summed E-state index contributed by atoms with van der Waals surface area (Å²) in [4.78, 5) is 4.32. The number of aryl methyl sites for hydroxylation is 1. The van der Waals surface area contributed by atoms with E-state index in [1.54, 1.807) is 0 Å². The third-order valence-electron chi connectivity index (χ3n) is 5.12. The molecular formula is C27H39N3O2. The fraction of sp³-hybridized carbons (Fsp3) is 0.519. The molecule has 0 amide bonds. The minimum atomic E-state index is -0.439. The fourth-order valence-electron chi connectivity index (χ4n) is 4.19. The number of hydrogen-bond acceptors (Lipinski definition) is 5. The van der Waals surface area contributed by atoms with E-state index in [4.69, 9.17) is 15.3 Å². The van der Waals surface area contributed by atoms with Gasteiger partial charge in [-0.1, -0.05) is 49.7 Å². The van der Waals surface area contributed by atoms with E-state index in [2.05, 4.69) is 75.0 Å². The van der Waals surface area contributed by atoms with Crippen LogP contribution in [0.5, 0.6) is 11.5 Å². The largest absolute Gasteiger partial charge is 0.487 e. The second kappa shape index (κ2) is 10.7. The Balaban J connectivity index is 2.17.